The maximum atomic E-state index is 6.35. The van der Waals surface area contributed by atoms with Crippen LogP contribution in [0.4, 0.5) is 0 Å². The van der Waals surface area contributed by atoms with Crippen molar-refractivity contribution < 1.29 is 24.5 Å². The molecule has 0 bridgehead atoms. The zero-order chi connectivity index (χ0) is 33.3. The van der Waals surface area contributed by atoms with Crippen LogP contribution in [0.1, 0.15) is 37.6 Å². The van der Waals surface area contributed by atoms with E-state index in [1.165, 1.54) is 16.7 Å². The summed E-state index contributed by atoms with van der Waals surface area (Å²) in [7, 11) is 0. The Bertz CT molecular complexity index is 2350. The zero-order valence-corrected chi connectivity index (χ0v) is 30.7. The Morgan fingerprint density at radius 2 is 1.47 bits per heavy atom. The van der Waals surface area contributed by atoms with Crippen molar-refractivity contribution in [2.45, 2.75) is 41.0 Å². The van der Waals surface area contributed by atoms with Gasteiger partial charge in [0.2, 0.25) is 0 Å². The predicted molar refractivity (Wildman–Crippen MR) is 198 cm³/mol. The third-order valence-electron chi connectivity index (χ3n) is 8.45. The van der Waals surface area contributed by atoms with Crippen molar-refractivity contribution in [2.24, 2.45) is 5.41 Å². The van der Waals surface area contributed by atoms with E-state index in [9.17, 15) is 0 Å². The normalized spacial score (nSPS) is 11.3. The molecule has 4 heterocycles. The third-order valence-corrected chi connectivity index (χ3v) is 8.45. The van der Waals surface area contributed by atoms with E-state index in [0.29, 0.717) is 5.41 Å². The first-order valence-electron chi connectivity index (χ1n) is 16.3. The maximum absolute atomic E-state index is 6.35. The first-order chi connectivity index (χ1) is 23.2. The summed E-state index contributed by atoms with van der Waals surface area (Å²) < 4.78 is 6.35. The van der Waals surface area contributed by atoms with Crippen LogP contribution in [0.2, 0.25) is 0 Å². The van der Waals surface area contributed by atoms with Gasteiger partial charge in [0.05, 0.1) is 5.58 Å². The first kappa shape index (κ1) is 33.9. The largest absolute Gasteiger partial charge is 0.500 e. The Hall–Kier alpha value is -4.96. The van der Waals surface area contributed by atoms with Gasteiger partial charge in [-0.3, -0.25) is 4.98 Å². The van der Waals surface area contributed by atoms with E-state index < -0.39 is 0 Å². The molecule has 0 aliphatic rings. The second kappa shape index (κ2) is 14.3. The molecule has 0 spiro atoms. The maximum Gasteiger partial charge on any atom is 0.130 e. The van der Waals surface area contributed by atoms with Crippen molar-refractivity contribution in [3.05, 3.63) is 151 Å². The second-order valence-corrected chi connectivity index (χ2v) is 13.5. The summed E-state index contributed by atoms with van der Waals surface area (Å²) in [6.45, 7) is 10.9. The molecule has 4 aromatic carbocycles. The number of aromatic nitrogens is 3. The minimum absolute atomic E-state index is 0. The second-order valence-electron chi connectivity index (χ2n) is 13.5. The quantitative estimate of drug-likeness (QED) is 0.166. The van der Waals surface area contributed by atoms with E-state index in [-0.39, 0.29) is 20.1 Å². The van der Waals surface area contributed by atoms with E-state index in [0.717, 1.165) is 72.9 Å². The van der Waals surface area contributed by atoms with E-state index in [2.05, 4.69) is 109 Å². The fraction of sp³-hybridized carbons (Fsp3) is 0.159. The molecular weight excluding hydrogens is 779 g/mol. The molecule has 4 nitrogen and oxygen atoms in total. The molecule has 5 heteroatoms. The number of benzene rings is 4. The molecule has 0 saturated heterocycles. The smallest absolute Gasteiger partial charge is 0.130 e. The monoisotopic (exact) mass is 816 g/mol. The fourth-order valence-electron chi connectivity index (χ4n) is 6.17. The van der Waals surface area contributed by atoms with Gasteiger partial charge in [-0.2, -0.15) is 0 Å². The Morgan fingerprint density at radius 1 is 0.673 bits per heavy atom. The van der Waals surface area contributed by atoms with Gasteiger partial charge in [-0.25, -0.2) is 0 Å². The molecule has 0 aliphatic heterocycles. The molecule has 8 rings (SSSR count). The molecule has 8 aromatic rings. The van der Waals surface area contributed by atoms with Crippen LogP contribution in [0.5, 0.6) is 0 Å². The predicted octanol–water partition coefficient (Wildman–Crippen LogP) is 11.4. The molecule has 0 fully saturated rings. The zero-order valence-electron chi connectivity index (χ0n) is 28.3. The average molecular weight is 816 g/mol. The Morgan fingerprint density at radius 3 is 2.20 bits per heavy atom. The Kier molecular flexibility index (Phi) is 9.87. The van der Waals surface area contributed by atoms with Gasteiger partial charge in [-0.05, 0) is 76.8 Å². The van der Waals surface area contributed by atoms with Crippen molar-refractivity contribution in [1.29, 1.82) is 0 Å². The average Bonchev–Trinajstić information content (AvgIpc) is 3.48. The molecule has 0 saturated carbocycles. The van der Waals surface area contributed by atoms with Gasteiger partial charge >= 0.3 is 0 Å². The van der Waals surface area contributed by atoms with Crippen molar-refractivity contribution in [1.82, 2.24) is 15.0 Å². The van der Waals surface area contributed by atoms with Crippen LogP contribution < -0.4 is 0 Å². The van der Waals surface area contributed by atoms with Crippen LogP contribution >= 0.6 is 0 Å². The van der Waals surface area contributed by atoms with Gasteiger partial charge in [0.25, 0.3) is 0 Å². The number of nitrogens with zero attached hydrogens (tertiary/aromatic N) is 3. The third kappa shape index (κ3) is 7.39. The minimum Gasteiger partial charge on any atom is -0.500 e. The molecule has 49 heavy (non-hydrogen) atoms. The van der Waals surface area contributed by atoms with Gasteiger partial charge in [-0.1, -0.05) is 86.3 Å². The van der Waals surface area contributed by atoms with E-state index >= 15 is 0 Å². The van der Waals surface area contributed by atoms with Crippen LogP contribution in [0.15, 0.2) is 126 Å². The van der Waals surface area contributed by atoms with E-state index in [1.54, 1.807) is 0 Å². The number of fused-ring (bicyclic) bond motifs is 5. The van der Waals surface area contributed by atoms with Crippen LogP contribution in [0.3, 0.4) is 0 Å². The Balaban J connectivity index is 0.000000167. The molecular formula is C44H37IrN3O-2. The van der Waals surface area contributed by atoms with Crippen molar-refractivity contribution in [3.8, 4) is 33.6 Å². The molecule has 1 radical (unpaired) electrons. The summed E-state index contributed by atoms with van der Waals surface area (Å²) in [5.74, 6) is 0. The van der Waals surface area contributed by atoms with E-state index in [4.69, 9.17) is 4.42 Å². The SMILES string of the molecule is CC(C)(C)Cc1ccc(-c2ccnc(-c3[c-]cccc3)c2)cc1.Cc1ccc(-c2[c-]ccc3c2oc2c3ccc3ccnc(C)c32)nc1.[Ir]. The van der Waals surface area contributed by atoms with Crippen molar-refractivity contribution in [3.63, 3.8) is 0 Å². The number of furan rings is 1. The van der Waals surface area contributed by atoms with Gasteiger partial charge in [0.15, 0.2) is 0 Å². The standard InChI is InChI=1S/C22H15N2O.C22H22N.Ir/c1-13-6-9-19(24-12-13)18-5-3-4-16-17-8-7-15-10-11-23-14(2)20(15)22(17)25-21(16)18;1-22(2,3)16-17-9-11-18(12-10-17)20-13-14-23-21(15-20)19-7-5-4-6-8-19;/h3-4,6-12H,1-2H3;4-7,9-15H,16H2,1-3H3;/q2*-1;. The number of hydrogen-bond donors (Lipinski definition) is 0. The minimum atomic E-state index is 0. The van der Waals surface area contributed by atoms with Crippen molar-refractivity contribution >= 4 is 32.7 Å². The molecule has 0 aliphatic carbocycles. The van der Waals surface area contributed by atoms with Gasteiger partial charge in [-0.15, -0.1) is 54.1 Å². The molecule has 0 amide bonds. The summed E-state index contributed by atoms with van der Waals surface area (Å²) in [4.78, 5) is 13.5. The molecule has 0 unspecified atom stereocenters. The van der Waals surface area contributed by atoms with Gasteiger partial charge in [0.1, 0.15) is 5.58 Å². The summed E-state index contributed by atoms with van der Waals surface area (Å²) in [5.41, 5.74) is 11.7. The molecule has 0 N–H and O–H groups in total. The Labute approximate surface area is 301 Å². The van der Waals surface area contributed by atoms with E-state index in [1.807, 2.05) is 74.9 Å². The summed E-state index contributed by atoms with van der Waals surface area (Å²) >= 11 is 0. The first-order valence-corrected chi connectivity index (χ1v) is 16.3. The van der Waals surface area contributed by atoms with Crippen LogP contribution in [-0.2, 0) is 26.5 Å². The number of aryl methyl sites for hydroxylation is 2. The summed E-state index contributed by atoms with van der Waals surface area (Å²) in [5, 5.41) is 4.38. The van der Waals surface area contributed by atoms with Crippen LogP contribution in [0, 0.1) is 31.4 Å². The molecule has 245 valence electrons. The number of rotatable bonds is 4. The molecule has 4 aromatic heterocycles. The topological polar surface area (TPSA) is 51.8 Å². The van der Waals surface area contributed by atoms with Gasteiger partial charge in [0, 0.05) is 55.2 Å². The van der Waals surface area contributed by atoms with Crippen molar-refractivity contribution in [2.75, 3.05) is 0 Å². The fourth-order valence-corrected chi connectivity index (χ4v) is 6.17. The number of hydrogen-bond acceptors (Lipinski definition) is 4. The van der Waals surface area contributed by atoms with Gasteiger partial charge < -0.3 is 14.4 Å². The van der Waals surface area contributed by atoms with Crippen LogP contribution in [-0.4, -0.2) is 15.0 Å². The molecule has 0 atom stereocenters. The summed E-state index contributed by atoms with van der Waals surface area (Å²) in [6.07, 6.45) is 6.66. The van der Waals surface area contributed by atoms with Crippen LogP contribution in [0.25, 0.3) is 66.4 Å². The summed E-state index contributed by atoms with van der Waals surface area (Å²) in [6, 6.07) is 41.9. The number of pyridine rings is 3.